The summed E-state index contributed by atoms with van der Waals surface area (Å²) in [5.41, 5.74) is 6.94. The van der Waals surface area contributed by atoms with Crippen LogP contribution in [0.25, 0.3) is 55.0 Å². The standard InChI is InChI=1S/C43H24Br2N2O4/c1-23-30(48-32-19-21-36-42(38(32)44)46-28-13-4-2-9-24(28)26-11-6-17-34(50-36)40(26)46)15-8-16-31(23)49-33-20-22-37-43(39(33)45)47-29-14-5-3-10-25(29)27-12-7-18-35(51-37)41(27)47/h2-22H,1H3. The number of halogens is 2. The van der Waals surface area contributed by atoms with Crippen molar-refractivity contribution in [1.29, 1.82) is 0 Å². The van der Waals surface area contributed by atoms with Gasteiger partial charge in [0.25, 0.3) is 0 Å². The monoisotopic (exact) mass is 790 g/mol. The number of fused-ring (bicyclic) bond motifs is 10. The van der Waals surface area contributed by atoms with Gasteiger partial charge in [-0.2, -0.15) is 0 Å². The van der Waals surface area contributed by atoms with Crippen LogP contribution in [-0.4, -0.2) is 9.13 Å². The van der Waals surface area contributed by atoms with Crippen molar-refractivity contribution in [3.8, 4) is 57.4 Å². The number of benzene rings is 7. The molecule has 2 aliphatic heterocycles. The second kappa shape index (κ2) is 10.7. The summed E-state index contributed by atoms with van der Waals surface area (Å²) in [6.07, 6.45) is 0. The van der Waals surface area contributed by atoms with Gasteiger partial charge in [0.05, 0.1) is 31.0 Å². The van der Waals surface area contributed by atoms with Gasteiger partial charge in [-0.05, 0) is 99.4 Å². The fourth-order valence-electron chi connectivity index (χ4n) is 7.69. The molecule has 0 unspecified atom stereocenters. The summed E-state index contributed by atoms with van der Waals surface area (Å²) in [7, 11) is 0. The number of aromatic nitrogens is 2. The molecule has 51 heavy (non-hydrogen) atoms. The van der Waals surface area contributed by atoms with Crippen molar-refractivity contribution < 1.29 is 18.9 Å². The van der Waals surface area contributed by atoms with E-state index in [4.69, 9.17) is 18.9 Å². The largest absolute Gasteiger partial charge is 0.456 e. The number of rotatable bonds is 4. The zero-order valence-corrected chi connectivity index (χ0v) is 30.1. The van der Waals surface area contributed by atoms with E-state index in [1.54, 1.807) is 0 Å². The van der Waals surface area contributed by atoms with Crippen LogP contribution in [0.1, 0.15) is 5.56 Å². The van der Waals surface area contributed by atoms with Crippen LogP contribution in [0.5, 0.6) is 46.0 Å². The van der Waals surface area contributed by atoms with Gasteiger partial charge in [-0.15, -0.1) is 0 Å². The van der Waals surface area contributed by atoms with Crippen molar-refractivity contribution in [2.45, 2.75) is 6.92 Å². The molecule has 0 aliphatic carbocycles. The summed E-state index contributed by atoms with van der Waals surface area (Å²) < 4.78 is 32.3. The summed E-state index contributed by atoms with van der Waals surface area (Å²) in [6, 6.07) is 42.9. The number of hydrogen-bond acceptors (Lipinski definition) is 4. The Labute approximate surface area is 308 Å². The highest BCUT2D eigenvalue weighted by Gasteiger charge is 2.29. The molecule has 2 aliphatic rings. The average molecular weight is 792 g/mol. The zero-order valence-electron chi connectivity index (χ0n) is 26.9. The van der Waals surface area contributed by atoms with Crippen molar-refractivity contribution in [3.63, 3.8) is 0 Å². The molecule has 0 atom stereocenters. The van der Waals surface area contributed by atoms with E-state index in [1.807, 2.05) is 73.7 Å². The number of hydrogen-bond donors (Lipinski definition) is 0. The number of para-hydroxylation sites is 4. The molecule has 0 radical (unpaired) electrons. The Hall–Kier alpha value is -5.70. The number of ether oxygens (including phenoxy) is 4. The van der Waals surface area contributed by atoms with Crippen molar-refractivity contribution in [3.05, 3.63) is 142 Å². The zero-order chi connectivity index (χ0) is 34.0. The van der Waals surface area contributed by atoms with Crippen LogP contribution in [0.15, 0.2) is 136 Å². The minimum Gasteiger partial charge on any atom is -0.456 e. The predicted molar refractivity (Wildman–Crippen MR) is 208 cm³/mol. The summed E-state index contributed by atoms with van der Waals surface area (Å²) in [4.78, 5) is 0. The molecule has 0 N–H and O–H groups in total. The molecule has 7 aromatic carbocycles. The Morgan fingerprint density at radius 3 is 1.35 bits per heavy atom. The van der Waals surface area contributed by atoms with Crippen LogP contribution in [0.3, 0.4) is 0 Å². The second-order valence-corrected chi connectivity index (χ2v) is 14.3. The molecular formula is C43H24Br2N2O4. The third-order valence-corrected chi connectivity index (χ3v) is 11.5. The maximum Gasteiger partial charge on any atom is 0.153 e. The molecule has 6 nitrogen and oxygen atoms in total. The molecular weight excluding hydrogens is 768 g/mol. The molecule has 8 heteroatoms. The fourth-order valence-corrected chi connectivity index (χ4v) is 8.86. The van der Waals surface area contributed by atoms with Gasteiger partial charge < -0.3 is 28.1 Å². The first kappa shape index (κ1) is 29.1. The van der Waals surface area contributed by atoms with Gasteiger partial charge in [0.2, 0.25) is 0 Å². The van der Waals surface area contributed by atoms with E-state index >= 15 is 0 Å². The highest BCUT2D eigenvalue weighted by Crippen LogP contribution is 2.52. The normalized spacial score (nSPS) is 12.5. The van der Waals surface area contributed by atoms with E-state index in [1.165, 1.54) is 10.8 Å². The lowest BCUT2D eigenvalue weighted by Gasteiger charge is -2.24. The van der Waals surface area contributed by atoms with Crippen LogP contribution in [0, 0.1) is 6.92 Å². The Bertz CT molecular complexity index is 2780. The van der Waals surface area contributed by atoms with Gasteiger partial charge >= 0.3 is 0 Å². The van der Waals surface area contributed by atoms with Gasteiger partial charge in [-0.25, -0.2) is 0 Å². The van der Waals surface area contributed by atoms with Crippen LogP contribution < -0.4 is 18.9 Å². The Morgan fingerprint density at radius 1 is 0.431 bits per heavy atom. The molecule has 0 bridgehead atoms. The van der Waals surface area contributed by atoms with E-state index in [0.29, 0.717) is 23.0 Å². The van der Waals surface area contributed by atoms with Gasteiger partial charge in [-0.3, -0.25) is 0 Å². The molecule has 9 aromatic rings. The maximum absolute atomic E-state index is 6.66. The van der Waals surface area contributed by atoms with E-state index in [-0.39, 0.29) is 0 Å². The van der Waals surface area contributed by atoms with Crippen molar-refractivity contribution in [2.24, 2.45) is 0 Å². The maximum atomic E-state index is 6.66. The molecule has 244 valence electrons. The lowest BCUT2D eigenvalue weighted by molar-refractivity contribution is 0.443. The third kappa shape index (κ3) is 4.03. The summed E-state index contributed by atoms with van der Waals surface area (Å²) in [5, 5.41) is 4.63. The highest BCUT2D eigenvalue weighted by atomic mass is 79.9. The summed E-state index contributed by atoms with van der Waals surface area (Å²) in [5.74, 6) is 5.85. The van der Waals surface area contributed by atoms with Gasteiger partial charge in [0.15, 0.2) is 23.0 Å². The molecule has 0 saturated heterocycles. The third-order valence-electron chi connectivity index (χ3n) is 9.96. The van der Waals surface area contributed by atoms with E-state index in [0.717, 1.165) is 81.7 Å². The fraction of sp³-hybridized carbons (Fsp3) is 0.0233. The quantitative estimate of drug-likeness (QED) is 0.178. The lowest BCUT2D eigenvalue weighted by atomic mass is 10.1. The lowest BCUT2D eigenvalue weighted by Crippen LogP contribution is -2.06. The van der Waals surface area contributed by atoms with E-state index < -0.39 is 0 Å². The van der Waals surface area contributed by atoms with Crippen molar-refractivity contribution in [1.82, 2.24) is 9.13 Å². The first-order valence-corrected chi connectivity index (χ1v) is 18.1. The van der Waals surface area contributed by atoms with Crippen LogP contribution >= 0.6 is 31.9 Å². The number of nitrogens with zero attached hydrogens (tertiary/aromatic N) is 2. The molecule has 0 saturated carbocycles. The minimum atomic E-state index is 0.664. The van der Waals surface area contributed by atoms with Crippen molar-refractivity contribution in [2.75, 3.05) is 0 Å². The average Bonchev–Trinajstić information content (AvgIpc) is 3.68. The Balaban J connectivity index is 0.985. The minimum absolute atomic E-state index is 0.664. The Kier molecular flexibility index (Phi) is 6.07. The Morgan fingerprint density at radius 2 is 0.863 bits per heavy atom. The first-order chi connectivity index (χ1) is 25.0. The van der Waals surface area contributed by atoms with Crippen LogP contribution in [-0.2, 0) is 0 Å². The molecule has 4 heterocycles. The molecule has 2 aromatic heterocycles. The van der Waals surface area contributed by atoms with E-state index in [2.05, 4.69) is 102 Å². The summed E-state index contributed by atoms with van der Waals surface area (Å²) in [6.45, 7) is 2.01. The van der Waals surface area contributed by atoms with E-state index in [9.17, 15) is 0 Å². The van der Waals surface area contributed by atoms with Gasteiger partial charge in [0.1, 0.15) is 34.4 Å². The second-order valence-electron chi connectivity index (χ2n) is 12.7. The SMILES string of the molecule is Cc1c(Oc2ccc3c(c2Br)-n2c4ccccc4c4cccc(c42)O3)cccc1Oc1ccc2c(c1Br)-n1c3ccccc3c3cccc(c31)O2. The van der Waals surface area contributed by atoms with Crippen molar-refractivity contribution >= 4 is 75.5 Å². The molecule has 0 spiro atoms. The van der Waals surface area contributed by atoms with Crippen LogP contribution in [0.4, 0.5) is 0 Å². The highest BCUT2D eigenvalue weighted by molar-refractivity contribution is 9.11. The molecule has 11 rings (SSSR count). The molecule has 0 amide bonds. The summed E-state index contributed by atoms with van der Waals surface area (Å²) >= 11 is 7.83. The van der Waals surface area contributed by atoms with Crippen LogP contribution in [0.2, 0.25) is 0 Å². The molecule has 0 fully saturated rings. The first-order valence-electron chi connectivity index (χ1n) is 16.6. The van der Waals surface area contributed by atoms with Gasteiger partial charge in [-0.1, -0.05) is 66.7 Å². The smallest absolute Gasteiger partial charge is 0.153 e. The topological polar surface area (TPSA) is 46.8 Å². The predicted octanol–water partition coefficient (Wildman–Crippen LogP) is 13.5. The van der Waals surface area contributed by atoms with Gasteiger partial charge in [0, 0.05) is 27.1 Å².